The van der Waals surface area contributed by atoms with Crippen LogP contribution in [0, 0.1) is 12.8 Å². The molecule has 8 heteroatoms. The van der Waals surface area contributed by atoms with Crippen LogP contribution in [0.3, 0.4) is 0 Å². The van der Waals surface area contributed by atoms with Crippen LogP contribution < -0.4 is 10.1 Å². The second-order valence-corrected chi connectivity index (χ2v) is 10.1. The first-order valence-electron chi connectivity index (χ1n) is 9.47. The first kappa shape index (κ1) is 20.8. The molecule has 1 aromatic heterocycles. The SMILES string of the molecule is Cc1cccc(OCCCNC(=O)C2CCCN(S(=O)(=O)c3cccs3)C2)c1. The molecule has 1 aromatic carbocycles. The fraction of sp³-hybridized carbons (Fsp3) is 0.450. The lowest BCUT2D eigenvalue weighted by atomic mass is 9.99. The second-order valence-electron chi connectivity index (χ2n) is 6.94. The van der Waals surface area contributed by atoms with Crippen molar-refractivity contribution in [1.29, 1.82) is 0 Å². The number of hydrogen-bond donors (Lipinski definition) is 1. The third kappa shape index (κ3) is 5.33. The average molecular weight is 423 g/mol. The van der Waals surface area contributed by atoms with Crippen molar-refractivity contribution < 1.29 is 17.9 Å². The third-order valence-electron chi connectivity index (χ3n) is 4.72. The summed E-state index contributed by atoms with van der Waals surface area (Å²) in [4.78, 5) is 12.5. The van der Waals surface area contributed by atoms with Crippen molar-refractivity contribution in [1.82, 2.24) is 9.62 Å². The number of carbonyl (C=O) groups is 1. The number of piperidine rings is 1. The van der Waals surface area contributed by atoms with Crippen LogP contribution >= 0.6 is 11.3 Å². The van der Waals surface area contributed by atoms with Crippen molar-refractivity contribution in [2.24, 2.45) is 5.92 Å². The van der Waals surface area contributed by atoms with Crippen LogP contribution in [0.5, 0.6) is 5.75 Å². The first-order valence-corrected chi connectivity index (χ1v) is 11.8. The van der Waals surface area contributed by atoms with Crippen LogP contribution in [0.1, 0.15) is 24.8 Å². The highest BCUT2D eigenvalue weighted by Crippen LogP contribution is 2.26. The summed E-state index contributed by atoms with van der Waals surface area (Å²) in [6.45, 7) is 3.76. The second kappa shape index (κ2) is 9.54. The largest absolute Gasteiger partial charge is 0.494 e. The lowest BCUT2D eigenvalue weighted by Gasteiger charge is -2.30. The van der Waals surface area contributed by atoms with E-state index in [2.05, 4.69) is 5.32 Å². The molecular formula is C20H26N2O4S2. The van der Waals surface area contributed by atoms with E-state index < -0.39 is 10.0 Å². The molecule has 1 unspecified atom stereocenters. The maximum atomic E-state index is 12.7. The normalized spacial score (nSPS) is 18.0. The predicted octanol–water partition coefficient (Wildman–Crippen LogP) is 3.04. The summed E-state index contributed by atoms with van der Waals surface area (Å²) in [5.41, 5.74) is 1.14. The number of sulfonamides is 1. The zero-order valence-corrected chi connectivity index (χ0v) is 17.6. The summed E-state index contributed by atoms with van der Waals surface area (Å²) in [6, 6.07) is 11.2. The zero-order valence-electron chi connectivity index (χ0n) is 16.0. The molecule has 152 valence electrons. The van der Waals surface area contributed by atoms with Gasteiger partial charge in [0.1, 0.15) is 9.96 Å². The smallest absolute Gasteiger partial charge is 0.252 e. The number of ether oxygens (including phenoxy) is 1. The summed E-state index contributed by atoms with van der Waals surface area (Å²) in [5, 5.41) is 4.67. The monoisotopic (exact) mass is 422 g/mol. The highest BCUT2D eigenvalue weighted by atomic mass is 32.2. The molecule has 1 saturated heterocycles. The van der Waals surface area contributed by atoms with E-state index >= 15 is 0 Å². The van der Waals surface area contributed by atoms with Crippen LogP contribution in [0.15, 0.2) is 46.0 Å². The summed E-state index contributed by atoms with van der Waals surface area (Å²) in [5.74, 6) is 0.441. The van der Waals surface area contributed by atoms with E-state index in [9.17, 15) is 13.2 Å². The van der Waals surface area contributed by atoms with Crippen molar-refractivity contribution in [3.8, 4) is 5.75 Å². The number of hydrogen-bond acceptors (Lipinski definition) is 5. The summed E-state index contributed by atoms with van der Waals surface area (Å²) < 4.78 is 32.8. The third-order valence-corrected chi connectivity index (χ3v) is 7.96. The maximum absolute atomic E-state index is 12.7. The summed E-state index contributed by atoms with van der Waals surface area (Å²) in [7, 11) is -3.50. The minimum Gasteiger partial charge on any atom is -0.494 e. The lowest BCUT2D eigenvalue weighted by Crippen LogP contribution is -2.45. The Bertz CT molecular complexity index is 881. The average Bonchev–Trinajstić information content (AvgIpc) is 3.23. The molecule has 2 heterocycles. The van der Waals surface area contributed by atoms with Crippen LogP contribution in [0.4, 0.5) is 0 Å². The van der Waals surface area contributed by atoms with Crippen molar-refractivity contribution in [2.75, 3.05) is 26.2 Å². The number of thiophene rings is 1. The van der Waals surface area contributed by atoms with Gasteiger partial charge < -0.3 is 10.1 Å². The Kier molecular flexibility index (Phi) is 7.09. The van der Waals surface area contributed by atoms with Gasteiger partial charge in [-0.1, -0.05) is 18.2 Å². The predicted molar refractivity (Wildman–Crippen MR) is 110 cm³/mol. The molecule has 28 heavy (non-hydrogen) atoms. The van der Waals surface area contributed by atoms with Crippen molar-refractivity contribution >= 4 is 27.3 Å². The van der Waals surface area contributed by atoms with Gasteiger partial charge in [-0.05, 0) is 55.3 Å². The molecule has 0 radical (unpaired) electrons. The highest BCUT2D eigenvalue weighted by molar-refractivity contribution is 7.91. The minimum absolute atomic E-state index is 0.0818. The Morgan fingerprint density at radius 2 is 2.18 bits per heavy atom. The van der Waals surface area contributed by atoms with Crippen LogP contribution in [0.2, 0.25) is 0 Å². The molecule has 1 atom stereocenters. The molecule has 0 bridgehead atoms. The molecule has 0 saturated carbocycles. The van der Waals surface area contributed by atoms with Gasteiger partial charge in [0.05, 0.1) is 12.5 Å². The zero-order chi connectivity index (χ0) is 20.0. The number of amides is 1. The molecule has 6 nitrogen and oxygen atoms in total. The fourth-order valence-electron chi connectivity index (χ4n) is 3.24. The van der Waals surface area contributed by atoms with Crippen molar-refractivity contribution in [3.63, 3.8) is 0 Å². The maximum Gasteiger partial charge on any atom is 0.252 e. The number of nitrogens with zero attached hydrogens (tertiary/aromatic N) is 1. The van der Waals surface area contributed by atoms with Gasteiger partial charge in [-0.15, -0.1) is 11.3 Å². The molecule has 1 N–H and O–H groups in total. The molecule has 1 fully saturated rings. The van der Waals surface area contributed by atoms with E-state index in [0.717, 1.165) is 11.3 Å². The number of rotatable bonds is 8. The van der Waals surface area contributed by atoms with Gasteiger partial charge >= 0.3 is 0 Å². The Morgan fingerprint density at radius 3 is 2.93 bits per heavy atom. The lowest BCUT2D eigenvalue weighted by molar-refractivity contribution is -0.126. The number of carbonyl (C=O) groups excluding carboxylic acids is 1. The Morgan fingerprint density at radius 1 is 1.32 bits per heavy atom. The molecular weight excluding hydrogens is 396 g/mol. The number of aryl methyl sites for hydroxylation is 1. The van der Waals surface area contributed by atoms with Crippen molar-refractivity contribution in [2.45, 2.75) is 30.4 Å². The van der Waals surface area contributed by atoms with Gasteiger partial charge in [0.25, 0.3) is 10.0 Å². The fourth-order valence-corrected chi connectivity index (χ4v) is 5.90. The van der Waals surface area contributed by atoms with Crippen LogP contribution in [0.25, 0.3) is 0 Å². The van der Waals surface area contributed by atoms with Gasteiger partial charge in [0.15, 0.2) is 0 Å². The van der Waals surface area contributed by atoms with Gasteiger partial charge in [-0.3, -0.25) is 4.79 Å². The Labute approximate surface area is 170 Å². The molecule has 1 aliphatic heterocycles. The Hall–Kier alpha value is -1.90. The summed E-state index contributed by atoms with van der Waals surface area (Å²) >= 11 is 1.21. The van der Waals surface area contributed by atoms with Gasteiger partial charge in [-0.2, -0.15) is 4.31 Å². The van der Waals surface area contributed by atoms with Gasteiger partial charge in [-0.25, -0.2) is 8.42 Å². The molecule has 0 aliphatic carbocycles. The highest BCUT2D eigenvalue weighted by Gasteiger charge is 2.33. The van der Waals surface area contributed by atoms with E-state index in [1.807, 2.05) is 31.2 Å². The Balaban J connectivity index is 1.43. The molecule has 2 aromatic rings. The van der Waals surface area contributed by atoms with E-state index in [1.165, 1.54) is 15.6 Å². The first-order chi connectivity index (χ1) is 13.5. The molecule has 1 amide bonds. The van der Waals surface area contributed by atoms with E-state index in [4.69, 9.17) is 4.74 Å². The van der Waals surface area contributed by atoms with Gasteiger partial charge in [0, 0.05) is 19.6 Å². The summed E-state index contributed by atoms with van der Waals surface area (Å²) in [6.07, 6.45) is 2.10. The molecule has 0 spiro atoms. The van der Waals surface area contributed by atoms with E-state index in [0.29, 0.717) is 43.2 Å². The van der Waals surface area contributed by atoms with Gasteiger partial charge in [0.2, 0.25) is 5.91 Å². The van der Waals surface area contributed by atoms with E-state index in [1.54, 1.807) is 17.5 Å². The van der Waals surface area contributed by atoms with E-state index in [-0.39, 0.29) is 18.4 Å². The minimum atomic E-state index is -3.50. The molecule has 1 aliphatic rings. The van der Waals surface area contributed by atoms with Crippen LogP contribution in [-0.2, 0) is 14.8 Å². The number of benzene rings is 1. The van der Waals surface area contributed by atoms with Crippen molar-refractivity contribution in [3.05, 3.63) is 47.3 Å². The quantitative estimate of drug-likeness (QED) is 0.664. The molecule has 3 rings (SSSR count). The standard InChI is InChI=1S/C20H26N2O4S2/c1-16-6-2-8-18(14-16)26-12-5-10-21-20(23)17-7-3-11-22(15-17)28(24,25)19-9-4-13-27-19/h2,4,6,8-9,13-14,17H,3,5,7,10-12,15H2,1H3,(H,21,23). The van der Waals surface area contributed by atoms with Crippen LogP contribution in [-0.4, -0.2) is 44.9 Å². The topological polar surface area (TPSA) is 75.7 Å². The number of nitrogens with one attached hydrogen (secondary N) is 1.